The number of β-lactam (4-membered cyclic amide) rings is 1. The van der Waals surface area contributed by atoms with Crippen molar-refractivity contribution < 1.29 is 34.1 Å². The summed E-state index contributed by atoms with van der Waals surface area (Å²) in [6, 6.07) is 4.12. The summed E-state index contributed by atoms with van der Waals surface area (Å²) in [7, 11) is 0. The van der Waals surface area contributed by atoms with Gasteiger partial charge in [0.25, 0.3) is 17.5 Å². The molecule has 2 aliphatic heterocycles. The van der Waals surface area contributed by atoms with Crippen molar-refractivity contribution in [2.24, 2.45) is 10.9 Å². The second-order valence-electron chi connectivity index (χ2n) is 8.32. The second-order valence-corrected chi connectivity index (χ2v) is 10.2. The van der Waals surface area contributed by atoms with Crippen molar-refractivity contribution in [1.82, 2.24) is 24.0 Å². The van der Waals surface area contributed by atoms with E-state index in [0.717, 1.165) is 16.4 Å². The lowest BCUT2D eigenvalue weighted by atomic mass is 10.0. The molecule has 2 aliphatic rings. The number of carbonyl (C=O) groups is 4. The Morgan fingerprint density at radius 1 is 1.33 bits per heavy atom. The minimum absolute atomic E-state index is 0.0503. The normalized spacial score (nSPS) is 19.1. The minimum Gasteiger partial charge on any atom is -0.543 e. The number of nitrogens with two attached hydrogens (primary N) is 2. The lowest BCUT2D eigenvalue weighted by Gasteiger charge is -2.50. The monoisotopic (exact) mass is 572 g/mol. The van der Waals surface area contributed by atoms with Crippen molar-refractivity contribution in [1.29, 1.82) is 0 Å². The first-order valence-corrected chi connectivity index (χ1v) is 13.1. The van der Waals surface area contributed by atoms with E-state index in [0.29, 0.717) is 17.0 Å². The molecule has 2 atom stereocenters. The van der Waals surface area contributed by atoms with Gasteiger partial charge in [0.05, 0.1) is 18.2 Å². The fraction of sp³-hybridized carbons (Fsp3) is 0.238. The van der Waals surface area contributed by atoms with E-state index in [2.05, 4.69) is 25.1 Å². The van der Waals surface area contributed by atoms with Gasteiger partial charge >= 0.3 is 0 Å². The largest absolute Gasteiger partial charge is 0.543 e. The summed E-state index contributed by atoms with van der Waals surface area (Å²) < 4.78 is 7.28. The highest BCUT2D eigenvalue weighted by Gasteiger charge is 2.53. The molecule has 7 N–H and O–H groups in total. The van der Waals surface area contributed by atoms with E-state index in [1.54, 1.807) is 39.6 Å². The molecule has 0 saturated carbocycles. The van der Waals surface area contributed by atoms with Gasteiger partial charge < -0.3 is 31.9 Å². The van der Waals surface area contributed by atoms with Gasteiger partial charge in [0, 0.05) is 35.0 Å². The number of fused-ring (bicyclic) bond motifs is 2. The maximum absolute atomic E-state index is 13.0. The number of carboxylic acid groups (broad SMARTS) is 1. The Morgan fingerprint density at radius 3 is 2.79 bits per heavy atom. The number of nitrogens with one attached hydrogen (secondary N) is 2. The molecule has 3 amide bonds. The molecule has 3 aromatic rings. The third kappa shape index (κ3) is 4.64. The van der Waals surface area contributed by atoms with Gasteiger partial charge in [-0.1, -0.05) is 5.16 Å². The van der Waals surface area contributed by atoms with Crippen molar-refractivity contribution >= 4 is 69.3 Å². The number of thioether (sulfide) groups is 1. The second kappa shape index (κ2) is 10.3. The number of nitrogens with zero attached hydrogens (tertiary/aromatic N) is 6. The van der Waals surface area contributed by atoms with Gasteiger partial charge in [0.1, 0.15) is 30.4 Å². The Bertz CT molecular complexity index is 1580. The van der Waals surface area contributed by atoms with Crippen LogP contribution in [0.2, 0.25) is 0 Å². The zero-order chi connectivity index (χ0) is 27.8. The number of oxime groups is 1. The number of rotatable bonds is 8. The van der Waals surface area contributed by atoms with E-state index >= 15 is 0 Å². The predicted octanol–water partition coefficient (Wildman–Crippen LogP) is -3.16. The van der Waals surface area contributed by atoms with Crippen LogP contribution in [0.4, 0.5) is 10.9 Å². The molecule has 0 aromatic carbocycles. The number of amides is 3. The van der Waals surface area contributed by atoms with Crippen LogP contribution in [0.5, 0.6) is 0 Å². The lowest BCUT2D eigenvalue weighted by Crippen LogP contribution is -2.71. The van der Waals surface area contributed by atoms with E-state index in [9.17, 15) is 29.5 Å². The third-order valence-electron chi connectivity index (χ3n) is 6.01. The lowest BCUT2D eigenvalue weighted by molar-refractivity contribution is -0.662. The Kier molecular flexibility index (Phi) is 6.89. The first-order chi connectivity index (χ1) is 18.7. The van der Waals surface area contributed by atoms with Crippen molar-refractivity contribution in [2.75, 3.05) is 23.3 Å². The minimum atomic E-state index is -1.53. The zero-order valence-electron chi connectivity index (χ0n) is 19.8. The predicted molar refractivity (Wildman–Crippen MR) is 135 cm³/mol. The molecule has 0 radical (unpaired) electrons. The molecular formula is C21H20N10O6S2. The summed E-state index contributed by atoms with van der Waals surface area (Å²) in [5.74, 6) is -3.01. The Morgan fingerprint density at radius 2 is 2.13 bits per heavy atom. The Labute approximate surface area is 227 Å². The molecule has 39 heavy (non-hydrogen) atoms. The van der Waals surface area contributed by atoms with E-state index in [-0.39, 0.29) is 41.4 Å². The number of hydrogen-bond acceptors (Lipinski definition) is 13. The molecule has 16 nitrogen and oxygen atoms in total. The summed E-state index contributed by atoms with van der Waals surface area (Å²) >= 11 is 2.05. The van der Waals surface area contributed by atoms with Crippen LogP contribution in [0.1, 0.15) is 5.82 Å². The van der Waals surface area contributed by atoms with Gasteiger partial charge in [-0.3, -0.25) is 24.6 Å². The van der Waals surface area contributed by atoms with Crippen LogP contribution in [0, 0.1) is 0 Å². The van der Waals surface area contributed by atoms with Crippen LogP contribution in [0.25, 0.3) is 5.65 Å². The molecule has 18 heteroatoms. The average molecular weight is 573 g/mol. The molecule has 0 aliphatic carbocycles. The molecule has 0 spiro atoms. The number of hydrogen-bond donors (Lipinski definition) is 5. The third-order valence-corrected chi connectivity index (χ3v) is 7.89. The van der Waals surface area contributed by atoms with E-state index in [4.69, 9.17) is 11.5 Å². The first kappa shape index (κ1) is 26.1. The molecule has 3 aromatic heterocycles. The average Bonchev–Trinajstić information content (AvgIpc) is 3.53. The number of pyridine rings is 1. The van der Waals surface area contributed by atoms with Gasteiger partial charge in [-0.05, 0) is 6.07 Å². The number of anilines is 2. The van der Waals surface area contributed by atoms with E-state index < -0.39 is 34.9 Å². The van der Waals surface area contributed by atoms with Crippen molar-refractivity contribution in [2.45, 2.75) is 18.0 Å². The summed E-state index contributed by atoms with van der Waals surface area (Å²) in [6.45, 7) is -0.0689. The smallest absolute Gasteiger partial charge is 0.288 e. The SMILES string of the molecule is NCC(=O)Nc1cccc2n1cc[n+]2CC1=C(C(=O)[O-])N2C(=O)[C@@H](NC(=O)/C(=N/O)c3nsc(N)n3)[C@H]2SC1. The molecule has 1 saturated heterocycles. The topological polar surface area (TPSA) is 237 Å². The summed E-state index contributed by atoms with van der Waals surface area (Å²) in [6.07, 6.45) is 3.41. The number of imidazole rings is 1. The fourth-order valence-electron chi connectivity index (χ4n) is 4.28. The van der Waals surface area contributed by atoms with Crippen LogP contribution in [-0.4, -0.2) is 77.0 Å². The van der Waals surface area contributed by atoms with Crippen LogP contribution in [-0.2, 0) is 25.7 Å². The number of carbonyl (C=O) groups excluding carboxylic acids is 4. The summed E-state index contributed by atoms with van der Waals surface area (Å²) in [4.78, 5) is 54.4. The number of aliphatic carboxylic acids is 1. The molecule has 0 unspecified atom stereocenters. The highest BCUT2D eigenvalue weighted by atomic mass is 32.2. The van der Waals surface area contributed by atoms with E-state index in [1.807, 2.05) is 0 Å². The van der Waals surface area contributed by atoms with Gasteiger partial charge in [-0.15, -0.1) is 11.8 Å². The fourth-order valence-corrected chi connectivity index (χ4v) is 6.05. The van der Waals surface area contributed by atoms with Gasteiger partial charge in [0.2, 0.25) is 23.3 Å². The molecular weight excluding hydrogens is 552 g/mol. The highest BCUT2D eigenvalue weighted by molar-refractivity contribution is 8.00. The number of aromatic nitrogens is 4. The van der Waals surface area contributed by atoms with Crippen LogP contribution in [0.3, 0.4) is 0 Å². The Hall–Kier alpha value is -4.55. The van der Waals surface area contributed by atoms with Crippen LogP contribution in [0.15, 0.2) is 47.0 Å². The van der Waals surface area contributed by atoms with Crippen molar-refractivity contribution in [3.63, 3.8) is 0 Å². The number of nitrogen functional groups attached to an aromatic ring is 1. The maximum Gasteiger partial charge on any atom is 0.288 e. The highest BCUT2D eigenvalue weighted by Crippen LogP contribution is 2.40. The van der Waals surface area contributed by atoms with Crippen molar-refractivity contribution in [3.8, 4) is 0 Å². The summed E-state index contributed by atoms with van der Waals surface area (Å²) in [5.41, 5.74) is 11.1. The van der Waals surface area contributed by atoms with Crippen molar-refractivity contribution in [3.05, 3.63) is 47.7 Å². The Balaban J connectivity index is 1.37. The van der Waals surface area contributed by atoms with Gasteiger partial charge in [0.15, 0.2) is 5.13 Å². The number of carboxylic acids is 1. The van der Waals surface area contributed by atoms with E-state index in [1.165, 1.54) is 11.8 Å². The molecule has 0 bridgehead atoms. The van der Waals surface area contributed by atoms with Gasteiger partial charge in [-0.25, -0.2) is 4.57 Å². The summed E-state index contributed by atoms with van der Waals surface area (Å²) in [5, 5.41) is 28.8. The molecule has 5 heterocycles. The maximum atomic E-state index is 13.0. The molecule has 1 fully saturated rings. The van der Waals surface area contributed by atoms with Gasteiger partial charge in [-0.2, -0.15) is 13.8 Å². The molecule has 5 rings (SSSR count). The van der Waals surface area contributed by atoms with Crippen LogP contribution < -0.4 is 31.8 Å². The first-order valence-electron chi connectivity index (χ1n) is 11.2. The molecule has 202 valence electrons. The quantitative estimate of drug-likeness (QED) is 0.0593. The standard InChI is InChI=1S/C21H20N10O6S2/c22-6-11(32)24-10-2-1-3-12-29(4-5-30(10)12)7-9-8-38-19-14(18(34)31(19)15(9)20(35)36)25-17(33)13(27-37)16-26-21(23)39-28-16/h1-5,14,19H,6-8,22H2,(H5,23,25,26,28,33,35,36,37)/t14-,19-/m1/s1. The zero-order valence-corrected chi connectivity index (χ0v) is 21.4. The van der Waals surface area contributed by atoms with Crippen LogP contribution >= 0.6 is 23.3 Å².